The molecule has 0 aromatic carbocycles. The minimum absolute atomic E-state index is 0.00514. The highest BCUT2D eigenvalue weighted by atomic mass is 16.6. The molecule has 1 fully saturated rings. The van der Waals surface area contributed by atoms with Crippen molar-refractivity contribution in [2.75, 3.05) is 27.3 Å². The average molecular weight is 322 g/mol. The van der Waals surface area contributed by atoms with Crippen molar-refractivity contribution in [3.8, 4) is 0 Å². The van der Waals surface area contributed by atoms with Crippen molar-refractivity contribution in [2.45, 2.75) is 31.5 Å². The van der Waals surface area contributed by atoms with E-state index in [0.717, 1.165) is 13.0 Å². The van der Waals surface area contributed by atoms with Crippen LogP contribution in [0.5, 0.6) is 0 Å². The van der Waals surface area contributed by atoms with Crippen LogP contribution in [0.4, 0.5) is 0 Å². The fraction of sp³-hybridized carbons (Fsp3) is 0.647. The maximum atomic E-state index is 13.2. The SMILES string of the molecule is COC1(C(=O)C(C)C)C(C(N)=O)=CC=CC1(OC)C1CCNC1. The van der Waals surface area contributed by atoms with Gasteiger partial charge in [-0.1, -0.05) is 26.0 Å². The van der Waals surface area contributed by atoms with Crippen LogP contribution in [-0.4, -0.2) is 50.2 Å². The number of ketones is 1. The molecule has 6 nitrogen and oxygen atoms in total. The summed E-state index contributed by atoms with van der Waals surface area (Å²) in [6, 6.07) is 0. The Morgan fingerprint density at radius 2 is 2.04 bits per heavy atom. The van der Waals surface area contributed by atoms with Crippen molar-refractivity contribution in [3.63, 3.8) is 0 Å². The number of hydrogen-bond donors (Lipinski definition) is 2. The van der Waals surface area contributed by atoms with Crippen molar-refractivity contribution in [2.24, 2.45) is 17.6 Å². The highest BCUT2D eigenvalue weighted by Crippen LogP contribution is 2.47. The van der Waals surface area contributed by atoms with E-state index in [9.17, 15) is 9.59 Å². The van der Waals surface area contributed by atoms with Gasteiger partial charge in [-0.2, -0.15) is 0 Å². The van der Waals surface area contributed by atoms with E-state index in [1.807, 2.05) is 6.08 Å². The summed E-state index contributed by atoms with van der Waals surface area (Å²) in [5, 5.41) is 3.29. The minimum atomic E-state index is -1.53. The van der Waals surface area contributed by atoms with E-state index >= 15 is 0 Å². The normalized spacial score (nSPS) is 33.8. The lowest BCUT2D eigenvalue weighted by atomic mass is 9.63. The predicted molar refractivity (Wildman–Crippen MR) is 86.7 cm³/mol. The Balaban J connectivity index is 2.72. The van der Waals surface area contributed by atoms with Crippen LogP contribution >= 0.6 is 0 Å². The summed E-state index contributed by atoms with van der Waals surface area (Å²) >= 11 is 0. The van der Waals surface area contributed by atoms with Gasteiger partial charge in [-0.3, -0.25) is 9.59 Å². The molecule has 6 heteroatoms. The molecule has 23 heavy (non-hydrogen) atoms. The molecular formula is C17H26N2O4. The fourth-order valence-electron chi connectivity index (χ4n) is 3.91. The van der Waals surface area contributed by atoms with Gasteiger partial charge in [0.1, 0.15) is 5.60 Å². The Bertz CT molecular complexity index is 549. The predicted octanol–water partition coefficient (Wildman–Crippen LogP) is 0.573. The number of carbonyl (C=O) groups is 2. The first kappa shape index (κ1) is 17.8. The lowest BCUT2D eigenvalue weighted by molar-refractivity contribution is -0.184. The summed E-state index contributed by atoms with van der Waals surface area (Å²) in [4.78, 5) is 25.3. The molecule has 0 aromatic rings. The first-order valence-electron chi connectivity index (χ1n) is 7.92. The second kappa shape index (κ2) is 6.55. The van der Waals surface area contributed by atoms with Gasteiger partial charge >= 0.3 is 0 Å². The maximum Gasteiger partial charge on any atom is 0.248 e. The number of allylic oxidation sites excluding steroid dienone is 2. The molecule has 128 valence electrons. The molecule has 2 rings (SSSR count). The Kier molecular flexibility index (Phi) is 5.08. The van der Waals surface area contributed by atoms with Gasteiger partial charge in [0.15, 0.2) is 11.4 Å². The molecule has 0 radical (unpaired) electrons. The molecule has 0 bridgehead atoms. The smallest absolute Gasteiger partial charge is 0.248 e. The lowest BCUT2D eigenvalue weighted by Crippen LogP contribution is -2.68. The van der Waals surface area contributed by atoms with Crippen LogP contribution in [0, 0.1) is 11.8 Å². The highest BCUT2D eigenvalue weighted by molar-refractivity contribution is 6.07. The average Bonchev–Trinajstić information content (AvgIpc) is 3.07. The van der Waals surface area contributed by atoms with E-state index in [4.69, 9.17) is 15.2 Å². The fourth-order valence-corrected chi connectivity index (χ4v) is 3.91. The second-order valence-corrected chi connectivity index (χ2v) is 6.39. The number of nitrogens with one attached hydrogen (secondary N) is 1. The van der Waals surface area contributed by atoms with E-state index in [1.54, 1.807) is 33.1 Å². The van der Waals surface area contributed by atoms with Crippen molar-refractivity contribution < 1.29 is 19.1 Å². The molecule has 1 aliphatic heterocycles. The number of carbonyl (C=O) groups excluding carboxylic acids is 2. The van der Waals surface area contributed by atoms with Crippen molar-refractivity contribution >= 4 is 11.7 Å². The van der Waals surface area contributed by atoms with E-state index < -0.39 is 17.1 Å². The summed E-state index contributed by atoms with van der Waals surface area (Å²) in [5.41, 5.74) is 3.14. The number of rotatable bonds is 6. The van der Waals surface area contributed by atoms with Crippen LogP contribution in [0.1, 0.15) is 20.3 Å². The number of nitrogens with two attached hydrogens (primary N) is 1. The van der Waals surface area contributed by atoms with Crippen molar-refractivity contribution in [1.82, 2.24) is 5.32 Å². The van der Waals surface area contributed by atoms with Gasteiger partial charge in [0, 0.05) is 32.6 Å². The van der Waals surface area contributed by atoms with Crippen LogP contribution in [-0.2, 0) is 19.1 Å². The zero-order chi connectivity index (χ0) is 17.3. The van der Waals surface area contributed by atoms with Gasteiger partial charge in [0.25, 0.3) is 0 Å². The van der Waals surface area contributed by atoms with Gasteiger partial charge in [-0.25, -0.2) is 0 Å². The standard InChI is InChI=1S/C17H26N2O4/c1-11(2)14(20)17(23-4)13(15(18)21)6-5-8-16(17,22-3)12-7-9-19-10-12/h5-6,8,11-12,19H,7,9-10H2,1-4H3,(H2,18,21). The number of primary amides is 1. The molecule has 0 aromatic heterocycles. The number of methoxy groups -OCH3 is 2. The maximum absolute atomic E-state index is 13.2. The van der Waals surface area contributed by atoms with Gasteiger partial charge in [0.2, 0.25) is 5.91 Å². The zero-order valence-electron chi connectivity index (χ0n) is 14.2. The number of ether oxygens (including phenoxy) is 2. The summed E-state index contributed by atoms with van der Waals surface area (Å²) in [6.45, 7) is 5.08. The van der Waals surface area contributed by atoms with E-state index in [0.29, 0.717) is 6.54 Å². The van der Waals surface area contributed by atoms with E-state index in [-0.39, 0.29) is 23.2 Å². The van der Waals surface area contributed by atoms with Crippen LogP contribution in [0.2, 0.25) is 0 Å². The van der Waals surface area contributed by atoms with Crippen LogP contribution < -0.4 is 11.1 Å². The first-order chi connectivity index (χ1) is 10.9. The molecular weight excluding hydrogens is 296 g/mol. The van der Waals surface area contributed by atoms with Crippen LogP contribution in [0.3, 0.4) is 0 Å². The first-order valence-corrected chi connectivity index (χ1v) is 7.92. The quantitative estimate of drug-likeness (QED) is 0.746. The van der Waals surface area contributed by atoms with Gasteiger partial charge in [0.05, 0.1) is 5.57 Å². The van der Waals surface area contributed by atoms with Gasteiger partial charge in [-0.15, -0.1) is 0 Å². The molecule has 1 heterocycles. The molecule has 2 aliphatic rings. The third-order valence-corrected chi connectivity index (χ3v) is 4.98. The molecule has 3 unspecified atom stereocenters. The molecule has 1 aliphatic carbocycles. The zero-order valence-corrected chi connectivity index (χ0v) is 14.2. The minimum Gasteiger partial charge on any atom is -0.370 e. The third-order valence-electron chi connectivity index (χ3n) is 4.98. The highest BCUT2D eigenvalue weighted by Gasteiger charge is 2.64. The number of amides is 1. The largest absolute Gasteiger partial charge is 0.370 e. The molecule has 1 saturated heterocycles. The Hall–Kier alpha value is -1.50. The molecule has 1 amide bonds. The van der Waals surface area contributed by atoms with Crippen molar-refractivity contribution in [3.05, 3.63) is 23.8 Å². The monoisotopic (exact) mass is 322 g/mol. The molecule has 0 spiro atoms. The summed E-state index contributed by atoms with van der Waals surface area (Å²) in [5.74, 6) is -1.22. The topological polar surface area (TPSA) is 90.7 Å². The van der Waals surface area contributed by atoms with Crippen LogP contribution in [0.15, 0.2) is 23.8 Å². The molecule has 3 N–H and O–H groups in total. The summed E-state index contributed by atoms with van der Waals surface area (Å²) in [6.07, 6.45) is 5.94. The third kappa shape index (κ3) is 2.45. The Morgan fingerprint density at radius 3 is 2.48 bits per heavy atom. The van der Waals surface area contributed by atoms with E-state index in [1.165, 1.54) is 7.11 Å². The summed E-state index contributed by atoms with van der Waals surface area (Å²) in [7, 11) is 2.99. The van der Waals surface area contributed by atoms with Crippen LogP contribution in [0.25, 0.3) is 0 Å². The lowest BCUT2D eigenvalue weighted by Gasteiger charge is -2.51. The molecule has 0 saturated carbocycles. The molecule has 3 atom stereocenters. The van der Waals surface area contributed by atoms with Gasteiger partial charge in [-0.05, 0) is 19.0 Å². The number of Topliss-reactive ketones (excluding diaryl/α,β-unsaturated/α-hetero) is 1. The Labute approximate surface area is 137 Å². The van der Waals surface area contributed by atoms with Crippen molar-refractivity contribution in [1.29, 1.82) is 0 Å². The van der Waals surface area contributed by atoms with Gasteiger partial charge < -0.3 is 20.5 Å². The number of hydrogen-bond acceptors (Lipinski definition) is 5. The second-order valence-electron chi connectivity index (χ2n) is 6.39. The Morgan fingerprint density at radius 1 is 1.35 bits per heavy atom. The van der Waals surface area contributed by atoms with E-state index in [2.05, 4.69) is 5.32 Å². The summed E-state index contributed by atoms with van der Waals surface area (Å²) < 4.78 is 11.7.